The lowest BCUT2D eigenvalue weighted by Crippen LogP contribution is -2.66. The highest BCUT2D eigenvalue weighted by atomic mass is 16.4. The van der Waals surface area contributed by atoms with Crippen molar-refractivity contribution in [3.8, 4) is 0 Å². The Morgan fingerprint density at radius 3 is 2.21 bits per heavy atom. The second kappa shape index (κ2) is 7.12. The molecule has 5 aliphatic carbocycles. The summed E-state index contributed by atoms with van der Waals surface area (Å²) in [6.45, 7) is 16.1. The number of aliphatic carboxylic acids is 1. The number of aliphatic hydroxyl groups excluding tert-OH is 1. The Hall–Kier alpha value is -0.870. The van der Waals surface area contributed by atoms with Gasteiger partial charge in [0.05, 0.1) is 17.1 Å². The highest BCUT2D eigenvalue weighted by Crippen LogP contribution is 2.75. The van der Waals surface area contributed by atoms with Crippen LogP contribution >= 0.6 is 0 Å². The van der Waals surface area contributed by atoms with Gasteiger partial charge < -0.3 is 15.3 Å². The summed E-state index contributed by atoms with van der Waals surface area (Å²) in [6.07, 6.45) is 10.2. The maximum atomic E-state index is 12.8. The summed E-state index contributed by atoms with van der Waals surface area (Å²) in [5, 5.41) is 32.7. The van der Waals surface area contributed by atoms with E-state index in [1.807, 2.05) is 6.92 Å². The molecule has 0 radical (unpaired) electrons. The Labute approximate surface area is 206 Å². The monoisotopic (exact) mass is 472 g/mol. The molecular weight excluding hydrogens is 424 g/mol. The Bertz CT molecular complexity index is 919. The van der Waals surface area contributed by atoms with Gasteiger partial charge in [0.15, 0.2) is 0 Å². The number of carbonyl (C=O) groups is 1. The molecule has 10 atom stereocenters. The van der Waals surface area contributed by atoms with Crippen LogP contribution in [0.2, 0.25) is 0 Å². The number of allylic oxidation sites excluding steroid dienone is 2. The van der Waals surface area contributed by atoms with Crippen LogP contribution in [0.4, 0.5) is 0 Å². The highest BCUT2D eigenvalue weighted by molar-refractivity contribution is 5.77. The average molecular weight is 473 g/mol. The van der Waals surface area contributed by atoms with Crippen LogP contribution in [-0.2, 0) is 4.79 Å². The van der Waals surface area contributed by atoms with Crippen molar-refractivity contribution in [2.45, 2.75) is 118 Å². The molecule has 0 bridgehead atoms. The molecule has 0 amide bonds. The van der Waals surface area contributed by atoms with E-state index >= 15 is 0 Å². The molecule has 4 fully saturated rings. The molecule has 34 heavy (non-hydrogen) atoms. The number of fused-ring (bicyclic) bond motifs is 7. The fraction of sp³-hybridized carbons (Fsp3) is 0.900. The molecule has 0 aromatic rings. The normalized spacial score (nSPS) is 56.3. The molecule has 4 nitrogen and oxygen atoms in total. The molecule has 1 unspecified atom stereocenters. The molecule has 0 aromatic carbocycles. The summed E-state index contributed by atoms with van der Waals surface area (Å²) >= 11 is 0. The fourth-order valence-corrected chi connectivity index (χ4v) is 10.8. The fourth-order valence-electron chi connectivity index (χ4n) is 10.8. The maximum Gasteiger partial charge on any atom is 0.310 e. The van der Waals surface area contributed by atoms with Crippen LogP contribution in [0.15, 0.2) is 11.6 Å². The zero-order chi connectivity index (χ0) is 25.1. The standard InChI is InChI=1S/C30H48O4/c1-18-23-19-8-9-21-26(4)12-11-22(31)25(2,3)20(26)10-13-28(21,6)27(19,5)14-16-30(23,24(32)33)17-15-29(18,7)34/h8,18,20-23,31,34H,9-17H2,1-7H3,(H,32,33)/t18-,20+,21-,22+,23?,26+,27-,28-,29+,30-/m1/s1. The van der Waals surface area contributed by atoms with Crippen molar-refractivity contribution in [2.75, 3.05) is 0 Å². The number of hydrogen-bond acceptors (Lipinski definition) is 3. The lowest BCUT2D eigenvalue weighted by Gasteiger charge is -2.71. The van der Waals surface area contributed by atoms with Crippen LogP contribution < -0.4 is 0 Å². The van der Waals surface area contributed by atoms with E-state index in [4.69, 9.17) is 0 Å². The van der Waals surface area contributed by atoms with Gasteiger partial charge in [-0.05, 0) is 104 Å². The lowest BCUT2D eigenvalue weighted by atomic mass is 9.33. The van der Waals surface area contributed by atoms with Gasteiger partial charge in [0.25, 0.3) is 0 Å². The first kappa shape index (κ1) is 24.8. The Kier molecular flexibility index (Phi) is 5.20. The number of carboxylic acids is 1. The van der Waals surface area contributed by atoms with Gasteiger partial charge >= 0.3 is 5.97 Å². The molecule has 0 heterocycles. The molecular formula is C30H48O4. The summed E-state index contributed by atoms with van der Waals surface area (Å²) < 4.78 is 0. The molecule has 192 valence electrons. The van der Waals surface area contributed by atoms with E-state index in [1.54, 1.807) is 0 Å². The molecule has 0 spiro atoms. The second-order valence-electron chi connectivity index (χ2n) is 14.8. The van der Waals surface area contributed by atoms with E-state index in [2.05, 4.69) is 47.6 Å². The summed E-state index contributed by atoms with van der Waals surface area (Å²) in [4.78, 5) is 12.8. The zero-order valence-electron chi connectivity index (χ0n) is 22.6. The predicted molar refractivity (Wildman–Crippen MR) is 134 cm³/mol. The SMILES string of the molecule is C[C@@H]1C2C3=CC[C@@H]4[C@@]5(C)CC[C@H](O)C(C)(C)[C@@H]5CC[C@@]4(C)[C@]3(C)CC[C@@]2(C(=O)O)CC[C@]1(C)O. The minimum atomic E-state index is -0.826. The van der Waals surface area contributed by atoms with Crippen LogP contribution in [0.3, 0.4) is 0 Å². The Balaban J connectivity index is 1.62. The van der Waals surface area contributed by atoms with E-state index in [-0.39, 0.29) is 39.6 Å². The third-order valence-corrected chi connectivity index (χ3v) is 13.5. The van der Waals surface area contributed by atoms with Crippen molar-refractivity contribution in [3.05, 3.63) is 11.6 Å². The van der Waals surface area contributed by atoms with Crippen molar-refractivity contribution < 1.29 is 20.1 Å². The average Bonchev–Trinajstić information content (AvgIpc) is 2.74. The van der Waals surface area contributed by atoms with E-state index in [0.29, 0.717) is 31.1 Å². The number of rotatable bonds is 1. The van der Waals surface area contributed by atoms with E-state index in [9.17, 15) is 20.1 Å². The predicted octanol–water partition coefficient (Wildman–Crippen LogP) is 6.20. The van der Waals surface area contributed by atoms with Crippen LogP contribution in [0.1, 0.15) is 106 Å². The van der Waals surface area contributed by atoms with Gasteiger partial charge in [0.2, 0.25) is 0 Å². The molecule has 5 aliphatic rings. The van der Waals surface area contributed by atoms with Crippen LogP contribution in [0.5, 0.6) is 0 Å². The van der Waals surface area contributed by atoms with E-state index in [0.717, 1.165) is 38.5 Å². The number of carboxylic acid groups (broad SMARTS) is 1. The first-order valence-corrected chi connectivity index (χ1v) is 13.9. The summed E-state index contributed by atoms with van der Waals surface area (Å²) in [6, 6.07) is 0. The van der Waals surface area contributed by atoms with Crippen molar-refractivity contribution in [1.82, 2.24) is 0 Å². The van der Waals surface area contributed by atoms with E-state index in [1.165, 1.54) is 5.57 Å². The molecule has 0 saturated heterocycles. The first-order chi connectivity index (χ1) is 15.6. The second-order valence-corrected chi connectivity index (χ2v) is 14.8. The van der Waals surface area contributed by atoms with Crippen molar-refractivity contribution in [2.24, 2.45) is 50.7 Å². The maximum absolute atomic E-state index is 12.8. The third kappa shape index (κ3) is 2.76. The number of hydrogen-bond donors (Lipinski definition) is 3. The summed E-state index contributed by atoms with van der Waals surface area (Å²) in [7, 11) is 0. The van der Waals surface area contributed by atoms with E-state index < -0.39 is 17.0 Å². The molecule has 4 saturated carbocycles. The minimum Gasteiger partial charge on any atom is -0.481 e. The zero-order valence-corrected chi connectivity index (χ0v) is 22.6. The van der Waals surface area contributed by atoms with Gasteiger partial charge in [-0.2, -0.15) is 0 Å². The molecule has 0 aromatic heterocycles. The highest BCUT2D eigenvalue weighted by Gasteiger charge is 2.70. The van der Waals surface area contributed by atoms with Gasteiger partial charge in [-0.1, -0.05) is 53.2 Å². The number of aliphatic hydroxyl groups is 2. The van der Waals surface area contributed by atoms with Crippen LogP contribution in [0.25, 0.3) is 0 Å². The lowest BCUT2D eigenvalue weighted by molar-refractivity contribution is -0.211. The van der Waals surface area contributed by atoms with Crippen LogP contribution in [0, 0.1) is 50.7 Å². The largest absolute Gasteiger partial charge is 0.481 e. The minimum absolute atomic E-state index is 0.0462. The van der Waals surface area contributed by atoms with Gasteiger partial charge in [0, 0.05) is 5.92 Å². The van der Waals surface area contributed by atoms with Crippen molar-refractivity contribution >= 4 is 5.97 Å². The van der Waals surface area contributed by atoms with Crippen LogP contribution in [-0.4, -0.2) is 33.0 Å². The van der Waals surface area contributed by atoms with Crippen molar-refractivity contribution in [1.29, 1.82) is 0 Å². The van der Waals surface area contributed by atoms with Gasteiger partial charge in [-0.25, -0.2) is 0 Å². The molecule has 5 rings (SSSR count). The Morgan fingerprint density at radius 1 is 0.912 bits per heavy atom. The first-order valence-electron chi connectivity index (χ1n) is 13.9. The third-order valence-electron chi connectivity index (χ3n) is 13.5. The quantitative estimate of drug-likeness (QED) is 0.397. The topological polar surface area (TPSA) is 77.8 Å². The molecule has 0 aliphatic heterocycles. The van der Waals surface area contributed by atoms with Crippen molar-refractivity contribution in [3.63, 3.8) is 0 Å². The van der Waals surface area contributed by atoms with Gasteiger partial charge in [0.1, 0.15) is 0 Å². The van der Waals surface area contributed by atoms with Gasteiger partial charge in [-0.3, -0.25) is 4.79 Å². The summed E-state index contributed by atoms with van der Waals surface area (Å²) in [5.74, 6) is 0.223. The summed E-state index contributed by atoms with van der Waals surface area (Å²) in [5.41, 5.74) is -0.0392. The molecule has 4 heteroatoms. The Morgan fingerprint density at radius 2 is 1.56 bits per heavy atom. The molecule has 3 N–H and O–H groups in total. The smallest absolute Gasteiger partial charge is 0.310 e. The van der Waals surface area contributed by atoms with Gasteiger partial charge in [-0.15, -0.1) is 0 Å².